The van der Waals surface area contributed by atoms with Crippen LogP contribution in [0.25, 0.3) is 0 Å². The minimum Gasteiger partial charge on any atom is -0.389 e. The van der Waals surface area contributed by atoms with Crippen molar-refractivity contribution in [1.82, 2.24) is 5.32 Å². The molecule has 0 radical (unpaired) electrons. The molecule has 0 aromatic heterocycles. The molecule has 0 bridgehead atoms. The summed E-state index contributed by atoms with van der Waals surface area (Å²) < 4.78 is 22.0. The van der Waals surface area contributed by atoms with Crippen LogP contribution in [0.2, 0.25) is 0 Å². The second-order valence-corrected chi connectivity index (χ2v) is 14.8. The molecule has 4 atom stereocenters. The third kappa shape index (κ3) is 33.6. The first-order chi connectivity index (χ1) is 23.8. The number of amides is 1. The van der Waals surface area contributed by atoms with Crippen LogP contribution in [0.4, 0.5) is 0 Å². The van der Waals surface area contributed by atoms with E-state index in [2.05, 4.69) is 31.3 Å². The van der Waals surface area contributed by atoms with Crippen LogP contribution in [-0.2, 0) is 18.4 Å². The number of phosphoric ester groups is 1. The number of rotatable bonds is 36. The predicted molar refractivity (Wildman–Crippen MR) is 204 cm³/mol. The number of phosphoric acid groups is 1. The summed E-state index contributed by atoms with van der Waals surface area (Å²) in [5.41, 5.74) is 5.34. The Morgan fingerprint density at radius 1 is 0.694 bits per heavy atom. The summed E-state index contributed by atoms with van der Waals surface area (Å²) >= 11 is 0. The van der Waals surface area contributed by atoms with Crippen LogP contribution in [0.5, 0.6) is 0 Å². The Morgan fingerprint density at radius 3 is 1.69 bits per heavy atom. The van der Waals surface area contributed by atoms with Gasteiger partial charge in [-0.05, 0) is 32.1 Å². The van der Waals surface area contributed by atoms with E-state index in [0.29, 0.717) is 6.42 Å². The molecule has 9 nitrogen and oxygen atoms in total. The highest BCUT2D eigenvalue weighted by atomic mass is 31.2. The number of hydrogen-bond acceptors (Lipinski definition) is 7. The van der Waals surface area contributed by atoms with Crippen LogP contribution in [0, 0.1) is 0 Å². The summed E-state index contributed by atoms with van der Waals surface area (Å²) in [5.74, 6) is -0.514. The van der Waals surface area contributed by atoms with Gasteiger partial charge in [-0.15, -0.1) is 0 Å². The summed E-state index contributed by atoms with van der Waals surface area (Å²) in [5, 5.41) is 23.8. The predicted octanol–water partition coefficient (Wildman–Crippen LogP) is 9.36. The fraction of sp³-hybridized carbons (Fsp3) is 0.821. The maximum absolute atomic E-state index is 12.7. The monoisotopic (exact) mass is 715 g/mol. The van der Waals surface area contributed by atoms with E-state index in [1.54, 1.807) is 12.2 Å². The highest BCUT2D eigenvalue weighted by Gasteiger charge is 2.27. The van der Waals surface area contributed by atoms with Crippen molar-refractivity contribution in [2.75, 3.05) is 19.8 Å². The molecule has 0 aliphatic carbocycles. The van der Waals surface area contributed by atoms with Crippen LogP contribution >= 0.6 is 7.82 Å². The molecule has 0 aromatic carbocycles. The van der Waals surface area contributed by atoms with E-state index in [9.17, 15) is 24.5 Å². The molecule has 0 spiro atoms. The van der Waals surface area contributed by atoms with E-state index in [1.165, 1.54) is 116 Å². The lowest BCUT2D eigenvalue weighted by molar-refractivity contribution is -0.124. The topological polar surface area (TPSA) is 151 Å². The molecule has 288 valence electrons. The van der Waals surface area contributed by atoms with Gasteiger partial charge in [0.2, 0.25) is 5.91 Å². The molecule has 49 heavy (non-hydrogen) atoms. The van der Waals surface area contributed by atoms with E-state index in [4.69, 9.17) is 14.8 Å². The number of aliphatic hydroxyl groups excluding tert-OH is 2. The number of nitrogens with two attached hydrogens (primary N) is 1. The van der Waals surface area contributed by atoms with Crippen LogP contribution < -0.4 is 11.1 Å². The molecule has 0 saturated heterocycles. The van der Waals surface area contributed by atoms with E-state index < -0.39 is 38.6 Å². The van der Waals surface area contributed by atoms with Gasteiger partial charge in [-0.2, -0.15) is 0 Å². The average Bonchev–Trinajstić information content (AvgIpc) is 3.07. The van der Waals surface area contributed by atoms with Gasteiger partial charge in [-0.3, -0.25) is 13.8 Å². The summed E-state index contributed by atoms with van der Waals surface area (Å²) in [6, 6.07) is -1.01. The molecule has 0 heterocycles. The number of unbranched alkanes of at least 4 members (excludes halogenated alkanes) is 20. The third-order valence-corrected chi connectivity index (χ3v) is 9.51. The van der Waals surface area contributed by atoms with E-state index in [1.807, 2.05) is 12.2 Å². The zero-order valence-electron chi connectivity index (χ0n) is 31.3. The SMILES string of the molecule is CCCCCCCC/C=C\C/C=C\C(O)CC(=O)NC(COP(=O)(O)OCCN)C(O)/C=C/CCCCCCCCCCCCCCCC. The van der Waals surface area contributed by atoms with Crippen molar-refractivity contribution < 1.29 is 33.5 Å². The third-order valence-electron chi connectivity index (χ3n) is 8.52. The standard InChI is InChI=1S/C39H75N2O7P/c1-3-5-7-9-11-13-15-16-17-18-19-21-23-25-27-29-31-38(43)37(35-48-49(45,46)47-33-32-40)41-39(44)34-36(42)30-28-26-24-22-20-14-12-10-8-6-4-2/h22,24,28-31,36-38,42-43H,3-21,23,25-27,32-35,40H2,1-2H3,(H,41,44)(H,45,46)/b24-22-,30-28-,31-29+. The van der Waals surface area contributed by atoms with Crippen LogP contribution in [0.1, 0.15) is 168 Å². The lowest BCUT2D eigenvalue weighted by Crippen LogP contribution is -2.46. The fourth-order valence-corrected chi connectivity index (χ4v) is 6.29. The van der Waals surface area contributed by atoms with Crippen molar-refractivity contribution in [3.63, 3.8) is 0 Å². The summed E-state index contributed by atoms with van der Waals surface area (Å²) in [7, 11) is -4.41. The quantitative estimate of drug-likeness (QED) is 0.0245. The number of allylic oxidation sites excluding steroid dienone is 4. The smallest absolute Gasteiger partial charge is 0.389 e. The second-order valence-electron chi connectivity index (χ2n) is 13.3. The molecule has 10 heteroatoms. The zero-order chi connectivity index (χ0) is 36.3. The minimum atomic E-state index is -4.41. The fourth-order valence-electron chi connectivity index (χ4n) is 5.53. The van der Waals surface area contributed by atoms with Crippen LogP contribution in [-0.4, -0.2) is 59.0 Å². The van der Waals surface area contributed by atoms with Gasteiger partial charge >= 0.3 is 7.82 Å². The first-order valence-electron chi connectivity index (χ1n) is 19.7. The molecule has 0 aliphatic rings. The largest absolute Gasteiger partial charge is 0.472 e. The number of hydrogen-bond donors (Lipinski definition) is 5. The second kappa shape index (κ2) is 35.1. The van der Waals surface area contributed by atoms with Gasteiger partial charge < -0.3 is 26.2 Å². The van der Waals surface area contributed by atoms with Crippen molar-refractivity contribution in [3.05, 3.63) is 36.5 Å². The normalized spacial score (nSPS) is 15.3. The molecule has 0 aliphatic heterocycles. The van der Waals surface area contributed by atoms with Crippen LogP contribution in [0.15, 0.2) is 36.5 Å². The van der Waals surface area contributed by atoms with Gasteiger partial charge in [0.1, 0.15) is 0 Å². The Bertz CT molecular complexity index is 883. The van der Waals surface area contributed by atoms with E-state index in [0.717, 1.165) is 25.7 Å². The lowest BCUT2D eigenvalue weighted by Gasteiger charge is -2.23. The maximum atomic E-state index is 12.7. The Balaban J connectivity index is 4.50. The molecule has 4 unspecified atom stereocenters. The van der Waals surface area contributed by atoms with Crippen molar-refractivity contribution in [1.29, 1.82) is 0 Å². The van der Waals surface area contributed by atoms with Gasteiger partial charge in [0.15, 0.2) is 0 Å². The Kier molecular flexibility index (Phi) is 34.2. The number of carbonyl (C=O) groups excluding carboxylic acids is 1. The first kappa shape index (κ1) is 47.7. The number of nitrogens with one attached hydrogen (secondary N) is 1. The van der Waals surface area contributed by atoms with Gasteiger partial charge in [0.25, 0.3) is 0 Å². The first-order valence-corrected chi connectivity index (χ1v) is 21.2. The Morgan fingerprint density at radius 2 is 1.18 bits per heavy atom. The lowest BCUT2D eigenvalue weighted by atomic mass is 10.0. The molecule has 6 N–H and O–H groups in total. The van der Waals surface area contributed by atoms with Gasteiger partial charge in [-0.1, -0.05) is 166 Å². The van der Waals surface area contributed by atoms with Crippen LogP contribution in [0.3, 0.4) is 0 Å². The zero-order valence-corrected chi connectivity index (χ0v) is 32.2. The van der Waals surface area contributed by atoms with Crippen molar-refractivity contribution in [2.45, 2.75) is 186 Å². The summed E-state index contributed by atoms with van der Waals surface area (Å²) in [6.07, 6.45) is 36.8. The highest BCUT2D eigenvalue weighted by Crippen LogP contribution is 2.43. The Hall–Kier alpha value is -1.32. The molecule has 1 amide bonds. The van der Waals surface area contributed by atoms with Gasteiger partial charge in [0.05, 0.1) is 37.9 Å². The molecule has 0 saturated carbocycles. The highest BCUT2D eigenvalue weighted by molar-refractivity contribution is 7.47. The maximum Gasteiger partial charge on any atom is 0.472 e. The van der Waals surface area contributed by atoms with Crippen molar-refractivity contribution in [3.8, 4) is 0 Å². The van der Waals surface area contributed by atoms with E-state index >= 15 is 0 Å². The summed E-state index contributed by atoms with van der Waals surface area (Å²) in [4.78, 5) is 22.6. The molecule has 0 fully saturated rings. The summed E-state index contributed by atoms with van der Waals surface area (Å²) in [6.45, 7) is 3.89. The van der Waals surface area contributed by atoms with Crippen molar-refractivity contribution in [2.24, 2.45) is 5.73 Å². The van der Waals surface area contributed by atoms with Gasteiger partial charge in [0, 0.05) is 6.54 Å². The van der Waals surface area contributed by atoms with Gasteiger partial charge in [-0.25, -0.2) is 4.57 Å². The average molecular weight is 715 g/mol. The number of aliphatic hydroxyl groups is 2. The minimum absolute atomic E-state index is 0.0407. The molecule has 0 aromatic rings. The molecular formula is C39H75N2O7P. The Labute approximate surface area is 300 Å². The van der Waals surface area contributed by atoms with E-state index in [-0.39, 0.29) is 19.6 Å². The van der Waals surface area contributed by atoms with Crippen molar-refractivity contribution >= 4 is 13.7 Å². The molecule has 0 rings (SSSR count). The molecular weight excluding hydrogens is 639 g/mol. The number of carbonyl (C=O) groups is 1.